The molecule has 3 nitrogen and oxygen atoms in total. The highest BCUT2D eigenvalue weighted by molar-refractivity contribution is 5.35. The second-order valence-electron chi connectivity index (χ2n) is 14.3. The van der Waals surface area contributed by atoms with E-state index in [0.29, 0.717) is 37.2 Å². The van der Waals surface area contributed by atoms with Crippen LogP contribution in [-0.4, -0.2) is 19.8 Å². The van der Waals surface area contributed by atoms with Gasteiger partial charge < -0.3 is 14.2 Å². The number of aryl methyl sites for hydroxylation is 1. The van der Waals surface area contributed by atoms with Crippen LogP contribution in [0.2, 0.25) is 0 Å². The van der Waals surface area contributed by atoms with E-state index in [1.807, 2.05) is 6.92 Å². The van der Waals surface area contributed by atoms with Gasteiger partial charge in [-0.25, -0.2) is 4.39 Å². The molecule has 2 aliphatic carbocycles. The summed E-state index contributed by atoms with van der Waals surface area (Å²) in [6, 6.07) is 6.05. The summed E-state index contributed by atoms with van der Waals surface area (Å²) in [5.41, 5.74) is 0.299. The van der Waals surface area contributed by atoms with Crippen molar-refractivity contribution in [3.05, 3.63) is 53.1 Å². The summed E-state index contributed by atoms with van der Waals surface area (Å²) in [6.45, 7) is 7.24. The fourth-order valence-electron chi connectivity index (χ4n) is 7.25. The fraction of sp³-hybridized carbons (Fsp3) is 0.692. The lowest BCUT2D eigenvalue weighted by atomic mass is 9.79. The van der Waals surface area contributed by atoms with Gasteiger partial charge in [0.05, 0.1) is 19.8 Å². The summed E-state index contributed by atoms with van der Waals surface area (Å²) < 4.78 is 73.4. The standard InChI is InChI=1S/C39H56F4O3/c1-4-5-24-44-33-22-23-35(39(43)38(33)42)46-26-32-19-15-30(16-20-32)11-7-9-27(2)8-6-10-29-13-17-31(18-14-29)25-45-34-21-12-28(3)36(40)37(34)41/h12,21-23,27,29-32H,4-11,13-20,24-26H2,1-3H3. The van der Waals surface area contributed by atoms with Crippen molar-refractivity contribution in [3.8, 4) is 17.2 Å². The molecule has 2 fully saturated rings. The van der Waals surface area contributed by atoms with Crippen molar-refractivity contribution in [3.63, 3.8) is 0 Å². The zero-order valence-electron chi connectivity index (χ0n) is 28.4. The normalized spacial score (nSPS) is 22.4. The van der Waals surface area contributed by atoms with Crippen molar-refractivity contribution >= 4 is 0 Å². The third kappa shape index (κ3) is 11.1. The molecule has 258 valence electrons. The first-order valence-corrected chi connectivity index (χ1v) is 18.1. The molecule has 0 amide bonds. The van der Waals surface area contributed by atoms with Gasteiger partial charge in [-0.1, -0.05) is 90.5 Å². The summed E-state index contributed by atoms with van der Waals surface area (Å²) in [4.78, 5) is 0. The maximum absolute atomic E-state index is 14.5. The minimum absolute atomic E-state index is 0.0239. The van der Waals surface area contributed by atoms with Crippen LogP contribution in [0.4, 0.5) is 17.6 Å². The first-order chi connectivity index (χ1) is 22.2. The number of halogens is 4. The lowest BCUT2D eigenvalue weighted by molar-refractivity contribution is 0.169. The number of hydrogen-bond acceptors (Lipinski definition) is 3. The quantitative estimate of drug-likeness (QED) is 0.119. The van der Waals surface area contributed by atoms with E-state index >= 15 is 0 Å². The van der Waals surface area contributed by atoms with Crippen LogP contribution in [0, 0.1) is 59.8 Å². The number of benzene rings is 2. The lowest BCUT2D eigenvalue weighted by Crippen LogP contribution is -2.20. The average Bonchev–Trinajstić information content (AvgIpc) is 3.06. The molecule has 2 aliphatic rings. The van der Waals surface area contributed by atoms with E-state index < -0.39 is 23.3 Å². The second kappa shape index (κ2) is 18.8. The second-order valence-corrected chi connectivity index (χ2v) is 14.3. The molecule has 0 bridgehead atoms. The molecule has 4 rings (SSSR count). The predicted molar refractivity (Wildman–Crippen MR) is 177 cm³/mol. The van der Waals surface area contributed by atoms with Crippen LogP contribution >= 0.6 is 0 Å². The molecular formula is C39H56F4O3. The van der Waals surface area contributed by atoms with Gasteiger partial charge in [0.15, 0.2) is 23.1 Å². The van der Waals surface area contributed by atoms with Crippen LogP contribution in [0.5, 0.6) is 17.2 Å². The molecule has 0 radical (unpaired) electrons. The molecule has 2 aromatic rings. The molecule has 0 heterocycles. The minimum atomic E-state index is -0.963. The molecular weight excluding hydrogens is 592 g/mol. The van der Waals surface area contributed by atoms with Gasteiger partial charge >= 0.3 is 0 Å². The van der Waals surface area contributed by atoms with Crippen molar-refractivity contribution in [2.45, 2.75) is 124 Å². The predicted octanol–water partition coefficient (Wildman–Crippen LogP) is 11.8. The summed E-state index contributed by atoms with van der Waals surface area (Å²) in [5.74, 6) is -0.559. The van der Waals surface area contributed by atoms with Crippen LogP contribution in [-0.2, 0) is 0 Å². The maximum atomic E-state index is 14.5. The fourth-order valence-corrected chi connectivity index (χ4v) is 7.25. The Labute approximate surface area is 274 Å². The molecule has 0 aliphatic heterocycles. The molecule has 1 atom stereocenters. The van der Waals surface area contributed by atoms with Gasteiger partial charge in [-0.05, 0) is 92.4 Å². The molecule has 2 saturated carbocycles. The van der Waals surface area contributed by atoms with Gasteiger partial charge in [0.25, 0.3) is 0 Å². The van der Waals surface area contributed by atoms with Crippen molar-refractivity contribution in [1.82, 2.24) is 0 Å². The first kappa shape index (κ1) is 36.4. The Morgan fingerprint density at radius 1 is 0.587 bits per heavy atom. The number of unbranched alkanes of at least 4 members (excludes halogenated alkanes) is 1. The average molecular weight is 649 g/mol. The highest BCUT2D eigenvalue weighted by atomic mass is 19.2. The maximum Gasteiger partial charge on any atom is 0.204 e. The Balaban J connectivity index is 1.01. The van der Waals surface area contributed by atoms with Crippen LogP contribution in [0.15, 0.2) is 24.3 Å². The van der Waals surface area contributed by atoms with Crippen LogP contribution in [0.1, 0.15) is 122 Å². The van der Waals surface area contributed by atoms with E-state index in [2.05, 4.69) is 6.92 Å². The monoisotopic (exact) mass is 648 g/mol. The van der Waals surface area contributed by atoms with Crippen molar-refractivity contribution in [2.75, 3.05) is 19.8 Å². The van der Waals surface area contributed by atoms with Crippen LogP contribution < -0.4 is 14.2 Å². The topological polar surface area (TPSA) is 27.7 Å². The Hall–Kier alpha value is -2.44. The number of rotatable bonds is 18. The summed E-state index contributed by atoms with van der Waals surface area (Å²) in [7, 11) is 0. The van der Waals surface area contributed by atoms with E-state index in [0.717, 1.165) is 56.3 Å². The zero-order chi connectivity index (χ0) is 32.9. The molecule has 0 aromatic heterocycles. The van der Waals surface area contributed by atoms with Gasteiger partial charge in [0.1, 0.15) is 0 Å². The van der Waals surface area contributed by atoms with E-state index in [4.69, 9.17) is 14.2 Å². The van der Waals surface area contributed by atoms with E-state index in [9.17, 15) is 17.6 Å². The van der Waals surface area contributed by atoms with Gasteiger partial charge in [0.2, 0.25) is 17.5 Å². The molecule has 7 heteroatoms. The Bertz CT molecular complexity index is 1190. The van der Waals surface area contributed by atoms with Crippen LogP contribution in [0.25, 0.3) is 0 Å². The summed E-state index contributed by atoms with van der Waals surface area (Å²) >= 11 is 0. The number of hydrogen-bond donors (Lipinski definition) is 0. The molecule has 0 N–H and O–H groups in total. The van der Waals surface area contributed by atoms with Crippen molar-refractivity contribution < 1.29 is 31.8 Å². The largest absolute Gasteiger partial charge is 0.490 e. The number of ether oxygens (including phenoxy) is 3. The van der Waals surface area contributed by atoms with Crippen LogP contribution in [0.3, 0.4) is 0 Å². The minimum Gasteiger partial charge on any atom is -0.490 e. The van der Waals surface area contributed by atoms with E-state index in [1.54, 1.807) is 13.0 Å². The molecule has 0 spiro atoms. The van der Waals surface area contributed by atoms with Gasteiger partial charge in [-0.3, -0.25) is 0 Å². The lowest BCUT2D eigenvalue weighted by Gasteiger charge is -2.29. The highest BCUT2D eigenvalue weighted by Gasteiger charge is 2.25. The summed E-state index contributed by atoms with van der Waals surface area (Å²) in [5, 5.41) is 0. The zero-order valence-corrected chi connectivity index (χ0v) is 28.4. The SMILES string of the molecule is CCCCOc1ccc(OCC2CCC(CCCC(C)CCCC3CCC(COc4ccc(C)c(F)c4F)CC3)CC2)c(F)c1F. The van der Waals surface area contributed by atoms with Gasteiger partial charge in [0, 0.05) is 0 Å². The van der Waals surface area contributed by atoms with Gasteiger partial charge in [-0.2, -0.15) is 13.2 Å². The molecule has 1 unspecified atom stereocenters. The van der Waals surface area contributed by atoms with E-state index in [-0.39, 0.29) is 17.2 Å². The smallest absolute Gasteiger partial charge is 0.204 e. The third-order valence-corrected chi connectivity index (χ3v) is 10.5. The van der Waals surface area contributed by atoms with E-state index in [1.165, 1.54) is 82.4 Å². The highest BCUT2D eigenvalue weighted by Crippen LogP contribution is 2.36. The third-order valence-electron chi connectivity index (χ3n) is 10.5. The van der Waals surface area contributed by atoms with Crippen molar-refractivity contribution in [1.29, 1.82) is 0 Å². The molecule has 0 saturated heterocycles. The first-order valence-electron chi connectivity index (χ1n) is 18.1. The molecule has 46 heavy (non-hydrogen) atoms. The Kier molecular flexibility index (Phi) is 14.9. The Morgan fingerprint density at radius 2 is 1.00 bits per heavy atom. The molecule has 2 aromatic carbocycles. The van der Waals surface area contributed by atoms with Crippen molar-refractivity contribution in [2.24, 2.45) is 29.6 Å². The van der Waals surface area contributed by atoms with Gasteiger partial charge in [-0.15, -0.1) is 0 Å². The summed E-state index contributed by atoms with van der Waals surface area (Å²) in [6.07, 6.45) is 18.6. The Morgan fingerprint density at radius 3 is 1.48 bits per heavy atom.